The lowest BCUT2D eigenvalue weighted by Gasteiger charge is -2.09. The van der Waals surface area contributed by atoms with Gasteiger partial charge in [-0.3, -0.25) is 0 Å². The summed E-state index contributed by atoms with van der Waals surface area (Å²) >= 11 is 11.8. The molecular formula is C14H14Cl2N2O2S. The first-order chi connectivity index (χ1) is 9.92. The minimum absolute atomic E-state index is 0.134. The Bertz CT molecular complexity index is 748. The highest BCUT2D eigenvalue weighted by atomic mass is 35.5. The molecule has 0 unspecified atom stereocenters. The Morgan fingerprint density at radius 2 is 1.86 bits per heavy atom. The van der Waals surface area contributed by atoms with E-state index in [2.05, 4.69) is 4.72 Å². The van der Waals surface area contributed by atoms with Gasteiger partial charge in [0.1, 0.15) is 0 Å². The van der Waals surface area contributed by atoms with Crippen LogP contribution < -0.4 is 10.5 Å². The van der Waals surface area contributed by atoms with Crippen LogP contribution in [0.25, 0.3) is 0 Å². The first-order valence-corrected chi connectivity index (χ1v) is 8.39. The van der Waals surface area contributed by atoms with Crippen molar-refractivity contribution < 1.29 is 8.42 Å². The monoisotopic (exact) mass is 344 g/mol. The molecule has 112 valence electrons. The van der Waals surface area contributed by atoms with Gasteiger partial charge < -0.3 is 5.73 Å². The average Bonchev–Trinajstić information content (AvgIpc) is 2.46. The molecule has 2 aromatic rings. The summed E-state index contributed by atoms with van der Waals surface area (Å²) < 4.78 is 27.0. The molecule has 0 aliphatic rings. The van der Waals surface area contributed by atoms with Crippen LogP contribution in [0, 0.1) is 0 Å². The topological polar surface area (TPSA) is 72.2 Å². The predicted octanol–water partition coefficient (Wildman–Crippen LogP) is 2.93. The maximum atomic E-state index is 12.2. The summed E-state index contributed by atoms with van der Waals surface area (Å²) in [5, 5.41) is 1.01. The molecule has 0 aromatic heterocycles. The molecule has 0 radical (unpaired) electrons. The standard InChI is InChI=1S/C14H14Cl2N2O2S/c15-12-3-1-2-10(6-12)9-18-21(19,20)13-4-5-14(16)11(7-13)8-17/h1-7,18H,8-9,17H2. The van der Waals surface area contributed by atoms with Crippen LogP contribution in [0.1, 0.15) is 11.1 Å². The highest BCUT2D eigenvalue weighted by molar-refractivity contribution is 7.89. The third-order valence-corrected chi connectivity index (χ3v) is 4.91. The van der Waals surface area contributed by atoms with E-state index >= 15 is 0 Å². The summed E-state index contributed by atoms with van der Waals surface area (Å²) in [6.07, 6.45) is 0. The molecule has 0 atom stereocenters. The van der Waals surface area contributed by atoms with Crippen molar-refractivity contribution in [3.8, 4) is 0 Å². The van der Waals surface area contributed by atoms with E-state index in [0.717, 1.165) is 5.56 Å². The molecule has 0 bridgehead atoms. The molecular weight excluding hydrogens is 331 g/mol. The number of benzene rings is 2. The Morgan fingerprint density at radius 1 is 1.10 bits per heavy atom. The maximum absolute atomic E-state index is 12.2. The summed E-state index contributed by atoms with van der Waals surface area (Å²) in [6, 6.07) is 11.4. The van der Waals surface area contributed by atoms with Gasteiger partial charge in [-0.2, -0.15) is 0 Å². The lowest BCUT2D eigenvalue weighted by Crippen LogP contribution is -2.23. The van der Waals surface area contributed by atoms with Crippen LogP contribution in [-0.2, 0) is 23.1 Å². The zero-order chi connectivity index (χ0) is 15.5. The number of nitrogens with one attached hydrogen (secondary N) is 1. The van der Waals surface area contributed by atoms with E-state index < -0.39 is 10.0 Å². The zero-order valence-corrected chi connectivity index (χ0v) is 13.3. The Kier molecular flexibility index (Phi) is 5.24. The van der Waals surface area contributed by atoms with Crippen LogP contribution in [0.5, 0.6) is 0 Å². The fraction of sp³-hybridized carbons (Fsp3) is 0.143. The first-order valence-electron chi connectivity index (χ1n) is 6.15. The summed E-state index contributed by atoms with van der Waals surface area (Å²) in [4.78, 5) is 0.134. The lowest BCUT2D eigenvalue weighted by atomic mass is 10.2. The molecule has 4 nitrogen and oxygen atoms in total. The van der Waals surface area contributed by atoms with Crippen molar-refractivity contribution in [2.75, 3.05) is 0 Å². The van der Waals surface area contributed by atoms with E-state index in [0.29, 0.717) is 15.6 Å². The van der Waals surface area contributed by atoms with Crippen molar-refractivity contribution in [1.29, 1.82) is 0 Å². The van der Waals surface area contributed by atoms with Crippen LogP contribution in [-0.4, -0.2) is 8.42 Å². The number of nitrogens with two attached hydrogens (primary N) is 1. The molecule has 0 aliphatic carbocycles. The minimum atomic E-state index is -3.63. The second-order valence-corrected chi connectivity index (χ2v) is 7.02. The van der Waals surface area contributed by atoms with Gasteiger partial charge in [-0.05, 0) is 41.5 Å². The van der Waals surface area contributed by atoms with Crippen molar-refractivity contribution in [3.05, 3.63) is 63.6 Å². The van der Waals surface area contributed by atoms with Gasteiger partial charge in [-0.15, -0.1) is 0 Å². The molecule has 2 rings (SSSR count). The fourth-order valence-corrected chi connectivity index (χ4v) is 3.26. The van der Waals surface area contributed by atoms with E-state index in [9.17, 15) is 8.42 Å². The third kappa shape index (κ3) is 4.18. The second kappa shape index (κ2) is 6.77. The van der Waals surface area contributed by atoms with Gasteiger partial charge in [0.2, 0.25) is 10.0 Å². The van der Waals surface area contributed by atoms with Gasteiger partial charge in [0, 0.05) is 23.1 Å². The van der Waals surface area contributed by atoms with Gasteiger partial charge in [-0.25, -0.2) is 13.1 Å². The van der Waals surface area contributed by atoms with Gasteiger partial charge >= 0.3 is 0 Å². The van der Waals surface area contributed by atoms with Crippen LogP contribution in [0.15, 0.2) is 47.4 Å². The molecule has 0 fully saturated rings. The van der Waals surface area contributed by atoms with Crippen molar-refractivity contribution in [1.82, 2.24) is 4.72 Å². The number of hydrogen-bond acceptors (Lipinski definition) is 3. The summed E-state index contributed by atoms with van der Waals surface area (Å²) in [7, 11) is -3.63. The second-order valence-electron chi connectivity index (χ2n) is 4.41. The smallest absolute Gasteiger partial charge is 0.240 e. The molecule has 3 N–H and O–H groups in total. The molecule has 0 aliphatic heterocycles. The van der Waals surface area contributed by atoms with Gasteiger partial charge in [-0.1, -0.05) is 35.3 Å². The zero-order valence-electron chi connectivity index (χ0n) is 11.0. The van der Waals surface area contributed by atoms with Crippen molar-refractivity contribution >= 4 is 33.2 Å². The normalized spacial score (nSPS) is 11.6. The molecule has 0 saturated heterocycles. The Morgan fingerprint density at radius 3 is 2.52 bits per heavy atom. The molecule has 0 heterocycles. The molecule has 7 heteroatoms. The van der Waals surface area contributed by atoms with E-state index in [-0.39, 0.29) is 18.0 Å². The minimum Gasteiger partial charge on any atom is -0.326 e. The summed E-state index contributed by atoms with van der Waals surface area (Å²) in [6.45, 7) is 0.333. The van der Waals surface area contributed by atoms with Crippen LogP contribution in [0.4, 0.5) is 0 Å². The molecule has 0 spiro atoms. The molecule has 21 heavy (non-hydrogen) atoms. The predicted molar refractivity (Wildman–Crippen MR) is 84.8 cm³/mol. The fourth-order valence-electron chi connectivity index (χ4n) is 1.78. The Hall–Kier alpha value is -1.11. The van der Waals surface area contributed by atoms with Crippen LogP contribution in [0.3, 0.4) is 0 Å². The van der Waals surface area contributed by atoms with Crippen molar-refractivity contribution in [3.63, 3.8) is 0 Å². The number of halogens is 2. The van der Waals surface area contributed by atoms with Gasteiger partial charge in [0.05, 0.1) is 4.90 Å². The highest BCUT2D eigenvalue weighted by Gasteiger charge is 2.15. The average molecular weight is 345 g/mol. The van der Waals surface area contributed by atoms with Crippen molar-refractivity contribution in [2.24, 2.45) is 5.73 Å². The van der Waals surface area contributed by atoms with E-state index in [1.54, 1.807) is 24.3 Å². The number of sulfonamides is 1. The third-order valence-electron chi connectivity index (χ3n) is 2.90. The lowest BCUT2D eigenvalue weighted by molar-refractivity contribution is 0.581. The van der Waals surface area contributed by atoms with Crippen LogP contribution in [0.2, 0.25) is 10.0 Å². The summed E-state index contributed by atoms with van der Waals surface area (Å²) in [5.41, 5.74) is 6.89. The van der Waals surface area contributed by atoms with E-state index in [1.165, 1.54) is 18.2 Å². The van der Waals surface area contributed by atoms with Gasteiger partial charge in [0.15, 0.2) is 0 Å². The quantitative estimate of drug-likeness (QED) is 0.875. The first kappa shape index (κ1) is 16.3. The van der Waals surface area contributed by atoms with Crippen molar-refractivity contribution in [2.45, 2.75) is 18.0 Å². The maximum Gasteiger partial charge on any atom is 0.240 e. The summed E-state index contributed by atoms with van der Waals surface area (Å²) in [5.74, 6) is 0. The SMILES string of the molecule is NCc1cc(S(=O)(=O)NCc2cccc(Cl)c2)ccc1Cl. The molecule has 2 aromatic carbocycles. The molecule has 0 amide bonds. The number of hydrogen-bond donors (Lipinski definition) is 2. The van der Waals surface area contributed by atoms with Crippen LogP contribution >= 0.6 is 23.2 Å². The number of rotatable bonds is 5. The van der Waals surface area contributed by atoms with E-state index in [4.69, 9.17) is 28.9 Å². The van der Waals surface area contributed by atoms with Gasteiger partial charge in [0.25, 0.3) is 0 Å². The largest absolute Gasteiger partial charge is 0.326 e. The highest BCUT2D eigenvalue weighted by Crippen LogP contribution is 2.20. The molecule has 0 saturated carbocycles. The Labute approximate surface area is 133 Å². The van der Waals surface area contributed by atoms with E-state index in [1.807, 2.05) is 0 Å². The Balaban J connectivity index is 2.18.